The quantitative estimate of drug-likeness (QED) is 0.628. The van der Waals surface area contributed by atoms with Crippen molar-refractivity contribution in [2.24, 2.45) is 5.73 Å². The average molecular weight is 289 g/mol. The Kier molecular flexibility index (Phi) is 5.37. The van der Waals surface area contributed by atoms with Crippen molar-refractivity contribution in [2.45, 2.75) is 25.3 Å². The highest BCUT2D eigenvalue weighted by atomic mass is 79.9. The fraction of sp³-hybridized carbons (Fsp3) is 0.333. The van der Waals surface area contributed by atoms with Gasteiger partial charge in [0, 0.05) is 10.5 Å². The summed E-state index contributed by atoms with van der Waals surface area (Å²) in [5.41, 5.74) is 7.08. The standard InChI is InChI=1S/C12H15BrClN/c1-2-3-4-8-11(15)9-6-5-7-10(13)12(9)14/h2,5-7,11H,1,3-4,8,15H2. The van der Waals surface area contributed by atoms with Gasteiger partial charge in [-0.25, -0.2) is 0 Å². The highest BCUT2D eigenvalue weighted by Crippen LogP contribution is 2.31. The molecule has 2 N–H and O–H groups in total. The molecule has 0 aromatic heterocycles. The average Bonchev–Trinajstić information content (AvgIpc) is 2.22. The van der Waals surface area contributed by atoms with Crippen molar-refractivity contribution in [2.75, 3.05) is 0 Å². The molecule has 1 aromatic rings. The lowest BCUT2D eigenvalue weighted by molar-refractivity contribution is 0.617. The number of rotatable bonds is 5. The van der Waals surface area contributed by atoms with Crippen molar-refractivity contribution in [3.63, 3.8) is 0 Å². The minimum Gasteiger partial charge on any atom is -0.324 e. The minimum atomic E-state index is 0.00921. The summed E-state index contributed by atoms with van der Waals surface area (Å²) < 4.78 is 0.904. The zero-order chi connectivity index (χ0) is 11.3. The van der Waals surface area contributed by atoms with E-state index < -0.39 is 0 Å². The maximum Gasteiger partial charge on any atom is 0.0595 e. The van der Waals surface area contributed by atoms with Gasteiger partial charge in [-0.15, -0.1) is 6.58 Å². The van der Waals surface area contributed by atoms with Gasteiger partial charge < -0.3 is 5.73 Å². The minimum absolute atomic E-state index is 0.00921. The van der Waals surface area contributed by atoms with Crippen LogP contribution in [0.25, 0.3) is 0 Å². The third-order valence-electron chi connectivity index (χ3n) is 2.30. The molecule has 3 heteroatoms. The van der Waals surface area contributed by atoms with E-state index in [-0.39, 0.29) is 6.04 Å². The van der Waals surface area contributed by atoms with Crippen LogP contribution in [0.15, 0.2) is 35.3 Å². The van der Waals surface area contributed by atoms with Gasteiger partial charge in [-0.1, -0.05) is 29.8 Å². The Bertz CT molecular complexity index is 338. The van der Waals surface area contributed by atoms with Gasteiger partial charge in [0.1, 0.15) is 0 Å². The Balaban J connectivity index is 2.68. The summed E-state index contributed by atoms with van der Waals surface area (Å²) in [4.78, 5) is 0. The third kappa shape index (κ3) is 3.63. The Morgan fingerprint density at radius 1 is 1.53 bits per heavy atom. The van der Waals surface area contributed by atoms with E-state index in [1.165, 1.54) is 0 Å². The summed E-state index contributed by atoms with van der Waals surface area (Å²) in [5, 5.41) is 0.726. The highest BCUT2D eigenvalue weighted by molar-refractivity contribution is 9.10. The topological polar surface area (TPSA) is 26.0 Å². The van der Waals surface area contributed by atoms with Crippen molar-refractivity contribution in [3.05, 3.63) is 45.9 Å². The molecule has 1 atom stereocenters. The van der Waals surface area contributed by atoms with Crippen molar-refractivity contribution in [1.82, 2.24) is 0 Å². The fourth-order valence-corrected chi connectivity index (χ4v) is 2.09. The summed E-state index contributed by atoms with van der Waals surface area (Å²) >= 11 is 9.55. The Morgan fingerprint density at radius 3 is 2.93 bits per heavy atom. The summed E-state index contributed by atoms with van der Waals surface area (Å²) in [6, 6.07) is 5.86. The molecular formula is C12H15BrClN. The molecule has 0 amide bonds. The van der Waals surface area contributed by atoms with E-state index >= 15 is 0 Å². The lowest BCUT2D eigenvalue weighted by atomic mass is 10.0. The number of hydrogen-bond acceptors (Lipinski definition) is 1. The summed E-state index contributed by atoms with van der Waals surface area (Å²) in [6.07, 6.45) is 4.89. The smallest absolute Gasteiger partial charge is 0.0595 e. The first-order valence-corrected chi connectivity index (χ1v) is 6.14. The first kappa shape index (κ1) is 12.8. The normalized spacial score (nSPS) is 12.5. The molecule has 82 valence electrons. The van der Waals surface area contributed by atoms with Crippen LogP contribution in [0.1, 0.15) is 30.9 Å². The molecule has 1 rings (SSSR count). The lowest BCUT2D eigenvalue weighted by Crippen LogP contribution is -2.10. The largest absolute Gasteiger partial charge is 0.324 e. The van der Waals surface area contributed by atoms with Gasteiger partial charge in [-0.2, -0.15) is 0 Å². The zero-order valence-corrected chi connectivity index (χ0v) is 10.9. The molecule has 1 nitrogen and oxygen atoms in total. The predicted octanol–water partition coefficient (Wildman–Crippen LogP) is 4.46. The molecule has 0 fully saturated rings. The number of nitrogens with two attached hydrogens (primary N) is 1. The second kappa shape index (κ2) is 6.31. The van der Waals surface area contributed by atoms with E-state index in [0.717, 1.165) is 34.3 Å². The second-order valence-electron chi connectivity index (χ2n) is 3.47. The van der Waals surface area contributed by atoms with Gasteiger partial charge in [-0.05, 0) is 46.8 Å². The van der Waals surface area contributed by atoms with Crippen LogP contribution in [0.2, 0.25) is 5.02 Å². The molecule has 0 heterocycles. The number of halogens is 2. The van der Waals surface area contributed by atoms with E-state index in [0.29, 0.717) is 0 Å². The van der Waals surface area contributed by atoms with E-state index in [2.05, 4.69) is 22.5 Å². The SMILES string of the molecule is C=CCCCC(N)c1cccc(Br)c1Cl. The fourth-order valence-electron chi connectivity index (χ4n) is 1.44. The van der Waals surface area contributed by atoms with Crippen LogP contribution in [0.3, 0.4) is 0 Å². The van der Waals surface area contributed by atoms with Crippen LogP contribution in [-0.4, -0.2) is 0 Å². The zero-order valence-electron chi connectivity index (χ0n) is 8.55. The van der Waals surface area contributed by atoms with Gasteiger partial charge >= 0.3 is 0 Å². The first-order chi connectivity index (χ1) is 7.16. The Labute approximate surface area is 104 Å². The van der Waals surface area contributed by atoms with Gasteiger partial charge in [0.05, 0.1) is 5.02 Å². The maximum absolute atomic E-state index is 6.15. The lowest BCUT2D eigenvalue weighted by Gasteiger charge is -2.13. The van der Waals surface area contributed by atoms with E-state index in [9.17, 15) is 0 Å². The van der Waals surface area contributed by atoms with Crippen LogP contribution < -0.4 is 5.73 Å². The predicted molar refractivity (Wildman–Crippen MR) is 70.1 cm³/mol. The molecule has 0 radical (unpaired) electrons. The molecule has 15 heavy (non-hydrogen) atoms. The van der Waals surface area contributed by atoms with Gasteiger partial charge in [0.25, 0.3) is 0 Å². The maximum atomic E-state index is 6.15. The van der Waals surface area contributed by atoms with Crippen molar-refractivity contribution in [3.8, 4) is 0 Å². The Hall–Kier alpha value is -0.310. The summed E-state index contributed by atoms with van der Waals surface area (Å²) in [5.74, 6) is 0. The molecule has 0 saturated heterocycles. The number of allylic oxidation sites excluding steroid dienone is 1. The van der Waals surface area contributed by atoms with Gasteiger partial charge in [0.15, 0.2) is 0 Å². The first-order valence-electron chi connectivity index (χ1n) is 4.97. The summed E-state index contributed by atoms with van der Waals surface area (Å²) in [6.45, 7) is 3.69. The van der Waals surface area contributed by atoms with Crippen LogP contribution in [0.4, 0.5) is 0 Å². The van der Waals surface area contributed by atoms with E-state index in [1.807, 2.05) is 24.3 Å². The van der Waals surface area contributed by atoms with Crippen LogP contribution in [0, 0.1) is 0 Å². The number of hydrogen-bond donors (Lipinski definition) is 1. The molecule has 1 unspecified atom stereocenters. The number of benzene rings is 1. The van der Waals surface area contributed by atoms with Crippen molar-refractivity contribution in [1.29, 1.82) is 0 Å². The van der Waals surface area contributed by atoms with Gasteiger partial charge in [0.2, 0.25) is 0 Å². The summed E-state index contributed by atoms with van der Waals surface area (Å²) in [7, 11) is 0. The molecule has 0 bridgehead atoms. The molecule has 0 aliphatic rings. The molecular weight excluding hydrogens is 273 g/mol. The molecule has 1 aromatic carbocycles. The van der Waals surface area contributed by atoms with Crippen molar-refractivity contribution < 1.29 is 0 Å². The number of unbranched alkanes of at least 4 members (excludes halogenated alkanes) is 1. The highest BCUT2D eigenvalue weighted by Gasteiger charge is 2.11. The Morgan fingerprint density at radius 2 is 2.27 bits per heavy atom. The molecule has 0 spiro atoms. The molecule has 0 aliphatic carbocycles. The van der Waals surface area contributed by atoms with Crippen molar-refractivity contribution >= 4 is 27.5 Å². The van der Waals surface area contributed by atoms with Crippen LogP contribution in [0.5, 0.6) is 0 Å². The van der Waals surface area contributed by atoms with Crippen LogP contribution >= 0.6 is 27.5 Å². The van der Waals surface area contributed by atoms with E-state index in [4.69, 9.17) is 17.3 Å². The molecule has 0 saturated carbocycles. The third-order valence-corrected chi connectivity index (χ3v) is 3.62. The van der Waals surface area contributed by atoms with E-state index in [1.54, 1.807) is 0 Å². The molecule has 0 aliphatic heterocycles. The second-order valence-corrected chi connectivity index (χ2v) is 4.70. The van der Waals surface area contributed by atoms with Crippen LogP contribution in [-0.2, 0) is 0 Å². The monoisotopic (exact) mass is 287 g/mol. The van der Waals surface area contributed by atoms with Gasteiger partial charge in [-0.3, -0.25) is 0 Å².